The third-order valence-electron chi connectivity index (χ3n) is 2.02. The summed E-state index contributed by atoms with van der Waals surface area (Å²) in [6.45, 7) is 6.86. The van der Waals surface area contributed by atoms with Crippen molar-refractivity contribution in [1.82, 2.24) is 10.6 Å². The minimum atomic E-state index is -0.325. The summed E-state index contributed by atoms with van der Waals surface area (Å²) < 4.78 is 0. The number of carbonyl (C=O) groups is 1. The average molecular weight is 156 g/mol. The monoisotopic (exact) mass is 156 g/mol. The van der Waals surface area contributed by atoms with Gasteiger partial charge in [0.05, 0.1) is 5.54 Å². The van der Waals surface area contributed by atoms with Crippen molar-refractivity contribution >= 4 is 5.91 Å². The number of carbonyl (C=O) groups excluding carboxylic acids is 1. The lowest BCUT2D eigenvalue weighted by Gasteiger charge is -2.24. The van der Waals surface area contributed by atoms with Gasteiger partial charge in [-0.3, -0.25) is 4.79 Å². The first-order valence-corrected chi connectivity index (χ1v) is 4.10. The minimum Gasteiger partial charge on any atom is -0.354 e. The lowest BCUT2D eigenvalue weighted by Crippen LogP contribution is -2.51. The molecule has 1 atom stereocenters. The van der Waals surface area contributed by atoms with Crippen molar-refractivity contribution in [2.75, 3.05) is 6.54 Å². The van der Waals surface area contributed by atoms with Gasteiger partial charge in [-0.1, -0.05) is 0 Å². The molecule has 1 saturated heterocycles. The van der Waals surface area contributed by atoms with Crippen LogP contribution in [0.4, 0.5) is 0 Å². The molecule has 0 aromatic heterocycles. The Labute approximate surface area is 67.5 Å². The molecule has 1 unspecified atom stereocenters. The van der Waals surface area contributed by atoms with Gasteiger partial charge in [0.25, 0.3) is 0 Å². The van der Waals surface area contributed by atoms with E-state index in [9.17, 15) is 4.79 Å². The summed E-state index contributed by atoms with van der Waals surface area (Å²) in [5.74, 6) is 0.131. The number of rotatable bonds is 2. The van der Waals surface area contributed by atoms with E-state index in [4.69, 9.17) is 0 Å². The lowest BCUT2D eigenvalue weighted by atomic mass is 10.00. The van der Waals surface area contributed by atoms with Crippen LogP contribution in [0, 0.1) is 0 Å². The van der Waals surface area contributed by atoms with Gasteiger partial charge in [0.1, 0.15) is 0 Å². The third-order valence-corrected chi connectivity index (χ3v) is 2.02. The largest absolute Gasteiger partial charge is 0.354 e. The Morgan fingerprint density at radius 1 is 1.64 bits per heavy atom. The number of nitrogens with one attached hydrogen (secondary N) is 2. The summed E-state index contributed by atoms with van der Waals surface area (Å²) in [6, 6.07) is 0.365. The highest BCUT2D eigenvalue weighted by Gasteiger charge is 2.37. The summed E-state index contributed by atoms with van der Waals surface area (Å²) in [4.78, 5) is 11.3. The van der Waals surface area contributed by atoms with Gasteiger partial charge >= 0.3 is 0 Å². The summed E-state index contributed by atoms with van der Waals surface area (Å²) >= 11 is 0. The van der Waals surface area contributed by atoms with E-state index in [0.29, 0.717) is 6.04 Å². The van der Waals surface area contributed by atoms with Crippen molar-refractivity contribution in [1.29, 1.82) is 0 Å². The molecule has 1 aliphatic rings. The van der Waals surface area contributed by atoms with Crippen LogP contribution in [-0.4, -0.2) is 24.0 Å². The zero-order chi connectivity index (χ0) is 8.48. The molecule has 0 saturated carbocycles. The SMILES string of the molecule is CC(C)NC1(C)CCNC1=O. The molecule has 0 radical (unpaired) electrons. The van der Waals surface area contributed by atoms with Crippen LogP contribution >= 0.6 is 0 Å². The highest BCUT2D eigenvalue weighted by atomic mass is 16.2. The van der Waals surface area contributed by atoms with Crippen LogP contribution in [0.25, 0.3) is 0 Å². The standard InChI is InChI=1S/C8H16N2O/c1-6(2)10-8(3)4-5-9-7(8)11/h6,10H,4-5H2,1-3H3,(H,9,11). The molecule has 64 valence electrons. The topological polar surface area (TPSA) is 41.1 Å². The van der Waals surface area contributed by atoms with Crippen LogP contribution in [0.1, 0.15) is 27.2 Å². The highest BCUT2D eigenvalue weighted by Crippen LogP contribution is 2.15. The minimum absolute atomic E-state index is 0.131. The third kappa shape index (κ3) is 1.71. The second-order valence-corrected chi connectivity index (χ2v) is 3.64. The van der Waals surface area contributed by atoms with Crippen molar-refractivity contribution in [2.24, 2.45) is 0 Å². The van der Waals surface area contributed by atoms with Gasteiger partial charge in [-0.05, 0) is 27.2 Å². The van der Waals surface area contributed by atoms with Crippen molar-refractivity contribution in [3.8, 4) is 0 Å². The molecule has 2 N–H and O–H groups in total. The van der Waals surface area contributed by atoms with Gasteiger partial charge < -0.3 is 10.6 Å². The summed E-state index contributed by atoms with van der Waals surface area (Å²) in [5, 5.41) is 6.07. The van der Waals surface area contributed by atoms with Crippen LogP contribution in [0.15, 0.2) is 0 Å². The van der Waals surface area contributed by atoms with Gasteiger partial charge in [0.15, 0.2) is 0 Å². The second kappa shape index (κ2) is 2.81. The molecule has 0 aromatic rings. The maximum absolute atomic E-state index is 11.3. The van der Waals surface area contributed by atoms with E-state index in [2.05, 4.69) is 24.5 Å². The maximum Gasteiger partial charge on any atom is 0.240 e. The second-order valence-electron chi connectivity index (χ2n) is 3.64. The highest BCUT2D eigenvalue weighted by molar-refractivity contribution is 5.87. The molecule has 1 fully saturated rings. The molecular weight excluding hydrogens is 140 g/mol. The summed E-state index contributed by atoms with van der Waals surface area (Å²) in [6.07, 6.45) is 0.893. The predicted octanol–water partition coefficient (Wildman–Crippen LogP) is 0.263. The van der Waals surface area contributed by atoms with Crippen molar-refractivity contribution in [3.05, 3.63) is 0 Å². The van der Waals surface area contributed by atoms with E-state index in [1.54, 1.807) is 0 Å². The zero-order valence-corrected chi connectivity index (χ0v) is 7.40. The maximum atomic E-state index is 11.3. The summed E-state index contributed by atoms with van der Waals surface area (Å²) in [7, 11) is 0. The van der Waals surface area contributed by atoms with Crippen LogP contribution in [0.5, 0.6) is 0 Å². The van der Waals surface area contributed by atoms with E-state index in [1.807, 2.05) is 6.92 Å². The van der Waals surface area contributed by atoms with Crippen LogP contribution in [-0.2, 0) is 4.79 Å². The first kappa shape index (κ1) is 8.53. The Balaban J connectivity index is 2.58. The van der Waals surface area contributed by atoms with Crippen molar-refractivity contribution in [3.63, 3.8) is 0 Å². The normalized spacial score (nSPS) is 31.1. The fourth-order valence-corrected chi connectivity index (χ4v) is 1.51. The number of hydrogen-bond donors (Lipinski definition) is 2. The van der Waals surface area contributed by atoms with E-state index >= 15 is 0 Å². The predicted molar refractivity (Wildman–Crippen MR) is 44.3 cm³/mol. The molecule has 0 aromatic carbocycles. The molecule has 0 aliphatic carbocycles. The molecule has 0 bridgehead atoms. The number of amides is 1. The van der Waals surface area contributed by atoms with Gasteiger partial charge in [0, 0.05) is 12.6 Å². The molecule has 3 heteroatoms. The summed E-state index contributed by atoms with van der Waals surface area (Å²) in [5.41, 5.74) is -0.325. The van der Waals surface area contributed by atoms with Gasteiger partial charge in [0.2, 0.25) is 5.91 Å². The van der Waals surface area contributed by atoms with Crippen molar-refractivity contribution < 1.29 is 4.79 Å². The van der Waals surface area contributed by atoms with E-state index in [0.717, 1.165) is 13.0 Å². The quantitative estimate of drug-likeness (QED) is 0.602. The lowest BCUT2D eigenvalue weighted by molar-refractivity contribution is -0.124. The molecule has 0 spiro atoms. The Morgan fingerprint density at radius 3 is 2.64 bits per heavy atom. The molecule has 1 rings (SSSR count). The van der Waals surface area contributed by atoms with E-state index in [-0.39, 0.29) is 11.4 Å². The molecule has 1 aliphatic heterocycles. The molecule has 11 heavy (non-hydrogen) atoms. The Bertz CT molecular complexity index is 167. The molecule has 1 heterocycles. The fraction of sp³-hybridized carbons (Fsp3) is 0.875. The van der Waals surface area contributed by atoms with Gasteiger partial charge in [-0.25, -0.2) is 0 Å². The number of hydrogen-bond acceptors (Lipinski definition) is 2. The zero-order valence-electron chi connectivity index (χ0n) is 7.40. The van der Waals surface area contributed by atoms with Gasteiger partial charge in [-0.2, -0.15) is 0 Å². The Kier molecular flexibility index (Phi) is 2.18. The van der Waals surface area contributed by atoms with E-state index in [1.165, 1.54) is 0 Å². The first-order chi connectivity index (χ1) is 5.04. The molecular formula is C8H16N2O. The van der Waals surface area contributed by atoms with Crippen LogP contribution in [0.3, 0.4) is 0 Å². The Hall–Kier alpha value is -0.570. The fourth-order valence-electron chi connectivity index (χ4n) is 1.51. The smallest absolute Gasteiger partial charge is 0.240 e. The average Bonchev–Trinajstić information content (AvgIpc) is 2.11. The van der Waals surface area contributed by atoms with E-state index < -0.39 is 0 Å². The van der Waals surface area contributed by atoms with Gasteiger partial charge in [-0.15, -0.1) is 0 Å². The Morgan fingerprint density at radius 2 is 2.27 bits per heavy atom. The van der Waals surface area contributed by atoms with Crippen LogP contribution in [0.2, 0.25) is 0 Å². The first-order valence-electron chi connectivity index (χ1n) is 4.10. The molecule has 1 amide bonds. The van der Waals surface area contributed by atoms with Crippen LogP contribution < -0.4 is 10.6 Å². The molecule has 3 nitrogen and oxygen atoms in total. The van der Waals surface area contributed by atoms with Crippen molar-refractivity contribution in [2.45, 2.75) is 38.8 Å².